The number of nitrogens with one attached hydrogen (secondary N) is 2. The van der Waals surface area contributed by atoms with Crippen molar-refractivity contribution in [1.82, 2.24) is 10.2 Å². The van der Waals surface area contributed by atoms with Crippen molar-refractivity contribution in [3.05, 3.63) is 89.5 Å². The van der Waals surface area contributed by atoms with E-state index in [0.29, 0.717) is 34.7 Å². The van der Waals surface area contributed by atoms with Gasteiger partial charge in [-0.1, -0.05) is 61.2 Å². The first-order valence-corrected chi connectivity index (χ1v) is 14.5. The smallest absolute Gasteiger partial charge is 0.259 e. The van der Waals surface area contributed by atoms with E-state index < -0.39 is 6.04 Å². The van der Waals surface area contributed by atoms with Crippen molar-refractivity contribution in [2.24, 2.45) is 9.98 Å². The Morgan fingerprint density at radius 3 is 2.54 bits per heavy atom. The van der Waals surface area contributed by atoms with Crippen LogP contribution in [-0.2, 0) is 27.3 Å². The van der Waals surface area contributed by atoms with Crippen molar-refractivity contribution in [3.63, 3.8) is 0 Å². The van der Waals surface area contributed by atoms with Gasteiger partial charge in [0.1, 0.15) is 17.6 Å². The summed E-state index contributed by atoms with van der Waals surface area (Å²) >= 11 is 1.18. The molecule has 2 aliphatic heterocycles. The second-order valence-corrected chi connectivity index (χ2v) is 10.5. The van der Waals surface area contributed by atoms with Gasteiger partial charge in [0, 0.05) is 29.8 Å². The highest BCUT2D eigenvalue weighted by molar-refractivity contribution is 8.14. The Hall–Kier alpha value is -4.44. The lowest BCUT2D eigenvalue weighted by Crippen LogP contribution is -2.41. The van der Waals surface area contributed by atoms with Gasteiger partial charge in [0.15, 0.2) is 5.17 Å². The number of anilines is 1. The van der Waals surface area contributed by atoms with Gasteiger partial charge in [-0.2, -0.15) is 0 Å². The van der Waals surface area contributed by atoms with Crippen LogP contribution in [0, 0.1) is 0 Å². The molecule has 0 saturated heterocycles. The first-order chi connectivity index (χ1) is 20.0. The minimum Gasteiger partial charge on any atom is -0.496 e. The maximum absolute atomic E-state index is 13.5. The first kappa shape index (κ1) is 28.1. The molecule has 2 heterocycles. The predicted octanol–water partition coefficient (Wildman–Crippen LogP) is 4.68. The maximum Gasteiger partial charge on any atom is 0.259 e. The van der Waals surface area contributed by atoms with Crippen LogP contribution in [0.25, 0.3) is 0 Å². The van der Waals surface area contributed by atoms with Gasteiger partial charge in [-0.3, -0.25) is 19.4 Å². The summed E-state index contributed by atoms with van der Waals surface area (Å²) in [6.07, 6.45) is 1.31. The summed E-state index contributed by atoms with van der Waals surface area (Å²) < 4.78 is 5.34. The third-order valence-corrected chi connectivity index (χ3v) is 7.78. The topological polar surface area (TPSA) is 112 Å². The van der Waals surface area contributed by atoms with Gasteiger partial charge >= 0.3 is 0 Å². The maximum atomic E-state index is 13.5. The highest BCUT2D eigenvalue weighted by atomic mass is 32.2. The number of ether oxygens (including phenoxy) is 1. The zero-order chi connectivity index (χ0) is 28.8. The van der Waals surface area contributed by atoms with Crippen LogP contribution in [-0.4, -0.2) is 52.5 Å². The van der Waals surface area contributed by atoms with E-state index in [1.807, 2.05) is 72.8 Å². The summed E-state index contributed by atoms with van der Waals surface area (Å²) in [5, 5.41) is 6.18. The summed E-state index contributed by atoms with van der Waals surface area (Å²) in [5.74, 6) is 0.638. The molecule has 5 rings (SSSR count). The number of rotatable bonds is 10. The number of aliphatic imine (C=N–C) groups is 2. The molecule has 0 fully saturated rings. The molecule has 0 saturated carbocycles. The van der Waals surface area contributed by atoms with Gasteiger partial charge in [0.05, 0.1) is 18.6 Å². The van der Waals surface area contributed by atoms with E-state index in [-0.39, 0.29) is 36.3 Å². The summed E-state index contributed by atoms with van der Waals surface area (Å²) in [6.45, 7) is 2.40. The van der Waals surface area contributed by atoms with Crippen LogP contribution in [0.15, 0.2) is 82.8 Å². The van der Waals surface area contributed by atoms with E-state index in [1.165, 1.54) is 22.2 Å². The largest absolute Gasteiger partial charge is 0.496 e. The summed E-state index contributed by atoms with van der Waals surface area (Å²) in [7, 11) is 1.59. The van der Waals surface area contributed by atoms with Crippen LogP contribution in [0.4, 0.5) is 11.4 Å². The Labute approximate surface area is 243 Å². The Morgan fingerprint density at radius 1 is 1.00 bits per heavy atom. The van der Waals surface area contributed by atoms with E-state index in [4.69, 9.17) is 9.73 Å². The van der Waals surface area contributed by atoms with E-state index in [0.717, 1.165) is 17.5 Å². The minimum absolute atomic E-state index is 0.0730. The van der Waals surface area contributed by atoms with Crippen LogP contribution in [0.1, 0.15) is 36.5 Å². The molecule has 2 N–H and O–H groups in total. The molecule has 9 nitrogen and oxygen atoms in total. The second kappa shape index (κ2) is 12.8. The molecular weight excluding hydrogens is 538 g/mol. The lowest BCUT2D eigenvalue weighted by molar-refractivity contribution is -0.125. The molecule has 2 aliphatic rings. The number of fused-ring (bicyclic) bond motifs is 3. The number of hydrogen-bond acceptors (Lipinski definition) is 7. The van der Waals surface area contributed by atoms with E-state index in [2.05, 4.69) is 22.5 Å². The van der Waals surface area contributed by atoms with Gasteiger partial charge in [-0.25, -0.2) is 9.89 Å². The van der Waals surface area contributed by atoms with Crippen molar-refractivity contribution in [3.8, 4) is 5.75 Å². The van der Waals surface area contributed by atoms with E-state index >= 15 is 0 Å². The summed E-state index contributed by atoms with van der Waals surface area (Å²) in [4.78, 5) is 49.7. The average molecular weight is 570 g/mol. The highest BCUT2D eigenvalue weighted by Crippen LogP contribution is 2.34. The van der Waals surface area contributed by atoms with E-state index in [9.17, 15) is 14.4 Å². The molecule has 210 valence electrons. The molecule has 0 radical (unpaired) electrons. The Kier molecular flexibility index (Phi) is 8.79. The Morgan fingerprint density at radius 2 is 1.76 bits per heavy atom. The molecule has 3 amide bonds. The van der Waals surface area contributed by atoms with Gasteiger partial charge in [-0.15, -0.1) is 0 Å². The molecule has 3 aromatic carbocycles. The van der Waals surface area contributed by atoms with Crippen molar-refractivity contribution in [2.75, 3.05) is 18.2 Å². The number of amidine groups is 2. The van der Waals surface area contributed by atoms with Crippen LogP contribution >= 0.6 is 11.8 Å². The molecule has 3 aromatic rings. The van der Waals surface area contributed by atoms with Crippen LogP contribution < -0.4 is 15.4 Å². The summed E-state index contributed by atoms with van der Waals surface area (Å²) in [6, 6.07) is 21.9. The number of carbonyl (C=O) groups is 3. The molecule has 0 unspecified atom stereocenters. The number of nitrogens with zero attached hydrogens (tertiary/aromatic N) is 3. The molecule has 10 heteroatoms. The number of thioether (sulfide) groups is 1. The monoisotopic (exact) mass is 569 g/mol. The quantitative estimate of drug-likeness (QED) is 0.368. The van der Waals surface area contributed by atoms with Gasteiger partial charge < -0.3 is 15.4 Å². The number of hydrogen-bond donors (Lipinski definition) is 2. The fourth-order valence-corrected chi connectivity index (χ4v) is 5.44. The van der Waals surface area contributed by atoms with Crippen molar-refractivity contribution >= 4 is 51.9 Å². The highest BCUT2D eigenvalue weighted by Gasteiger charge is 2.41. The molecule has 0 aliphatic carbocycles. The Bertz CT molecular complexity index is 1520. The standard InChI is InChI=1S/C31H31N5O4S/c1-3-20-12-14-22(15-13-20)33-28(38)19-41-31-35-24-10-6-5-9-23(24)29-34-25(30(39)36(29)31)16-17-27(37)32-18-21-8-4-7-11-26(21)40-2/h4-15,25H,3,16-19H2,1-2H3,(H,32,37)(H,33,38)/t25-/m0/s1. The lowest BCUT2D eigenvalue weighted by atomic mass is 10.1. The fraction of sp³-hybridized carbons (Fsp3) is 0.258. The van der Waals surface area contributed by atoms with Crippen molar-refractivity contribution in [2.45, 2.75) is 38.8 Å². The normalized spacial score (nSPS) is 15.4. The average Bonchev–Trinajstić information content (AvgIpc) is 3.34. The predicted molar refractivity (Wildman–Crippen MR) is 162 cm³/mol. The van der Waals surface area contributed by atoms with Crippen LogP contribution in [0.2, 0.25) is 0 Å². The third-order valence-electron chi connectivity index (χ3n) is 6.84. The van der Waals surface area contributed by atoms with Crippen LogP contribution in [0.3, 0.4) is 0 Å². The number of amides is 3. The first-order valence-electron chi connectivity index (χ1n) is 13.5. The van der Waals surface area contributed by atoms with Crippen molar-refractivity contribution < 1.29 is 19.1 Å². The number of benzene rings is 3. The molecule has 41 heavy (non-hydrogen) atoms. The minimum atomic E-state index is -0.718. The molecule has 0 spiro atoms. The van der Waals surface area contributed by atoms with Gasteiger partial charge in [0.2, 0.25) is 11.8 Å². The number of aryl methyl sites for hydroxylation is 1. The second-order valence-electron chi connectivity index (χ2n) is 9.57. The number of methoxy groups -OCH3 is 1. The zero-order valence-electron chi connectivity index (χ0n) is 22.9. The summed E-state index contributed by atoms with van der Waals surface area (Å²) in [5.41, 5.74) is 4.20. The van der Waals surface area contributed by atoms with Gasteiger partial charge in [-0.05, 0) is 48.7 Å². The van der Waals surface area contributed by atoms with Crippen LogP contribution in [0.5, 0.6) is 5.75 Å². The molecule has 1 atom stereocenters. The van der Waals surface area contributed by atoms with Gasteiger partial charge in [0.25, 0.3) is 5.91 Å². The third kappa shape index (κ3) is 6.49. The lowest BCUT2D eigenvalue weighted by Gasteiger charge is -2.25. The molecule has 0 bridgehead atoms. The molecule has 0 aromatic heterocycles. The fourth-order valence-electron chi connectivity index (χ4n) is 4.64. The molecular formula is C31H31N5O4S. The van der Waals surface area contributed by atoms with E-state index in [1.54, 1.807) is 7.11 Å². The SMILES string of the molecule is CCc1ccc(NC(=O)CSC2=Nc3ccccc3C3=N[C@@H](CCC(=O)NCc4ccccc4OC)C(=O)N23)cc1. The van der Waals surface area contributed by atoms with Crippen molar-refractivity contribution in [1.29, 1.82) is 0 Å². The Balaban J connectivity index is 1.22. The number of para-hydroxylation sites is 2. The zero-order valence-corrected chi connectivity index (χ0v) is 23.7. The number of carbonyl (C=O) groups excluding carboxylic acids is 3.